The van der Waals surface area contributed by atoms with Gasteiger partial charge in [-0.1, -0.05) is 18.2 Å². The lowest BCUT2D eigenvalue weighted by Crippen LogP contribution is -2.05. The summed E-state index contributed by atoms with van der Waals surface area (Å²) in [6.45, 7) is 1.86. The zero-order valence-electron chi connectivity index (χ0n) is 11.5. The molecule has 0 unspecified atom stereocenters. The predicted octanol–water partition coefficient (Wildman–Crippen LogP) is 3.79. The average molecular weight is 288 g/mol. The summed E-state index contributed by atoms with van der Waals surface area (Å²) in [4.78, 5) is 0. The van der Waals surface area contributed by atoms with Crippen LogP contribution in [0.3, 0.4) is 0 Å². The molecule has 0 bridgehead atoms. The molecule has 21 heavy (non-hydrogen) atoms. The Morgan fingerprint density at radius 2 is 1.86 bits per heavy atom. The number of benzene rings is 2. The fraction of sp³-hybridized carbons (Fsp3) is 0.188. The number of halogens is 2. The summed E-state index contributed by atoms with van der Waals surface area (Å²) in [5.74, 6) is -0.621. The molecule has 0 aliphatic rings. The van der Waals surface area contributed by atoms with Gasteiger partial charge >= 0.3 is 0 Å². The van der Waals surface area contributed by atoms with Crippen LogP contribution in [0.5, 0.6) is 5.75 Å². The minimum atomic E-state index is -0.618. The summed E-state index contributed by atoms with van der Waals surface area (Å²) in [6.07, 6.45) is 0. The van der Waals surface area contributed by atoms with Crippen molar-refractivity contribution in [3.63, 3.8) is 0 Å². The van der Waals surface area contributed by atoms with Crippen molar-refractivity contribution in [2.24, 2.45) is 0 Å². The van der Waals surface area contributed by atoms with E-state index in [1.54, 1.807) is 31.2 Å². The standard InChI is InChI=1S/C16H14F2N2O/c1-11-2-7-14(17)16(15(11)18)20-10-12-3-5-13(6-4-12)21-9-8-19/h2-7,20H,9-10H2,1H3. The van der Waals surface area contributed by atoms with Gasteiger partial charge in [-0.2, -0.15) is 5.26 Å². The maximum Gasteiger partial charge on any atom is 0.174 e. The molecule has 5 heteroatoms. The molecule has 0 saturated heterocycles. The van der Waals surface area contributed by atoms with E-state index in [0.717, 1.165) is 5.56 Å². The van der Waals surface area contributed by atoms with E-state index in [2.05, 4.69) is 5.32 Å². The Balaban J connectivity index is 2.04. The second kappa shape index (κ2) is 6.71. The first kappa shape index (κ1) is 14.8. The third-order valence-corrected chi connectivity index (χ3v) is 2.98. The maximum atomic E-state index is 13.8. The normalized spacial score (nSPS) is 10.0. The molecule has 0 aromatic heterocycles. The van der Waals surface area contributed by atoms with Crippen LogP contribution in [0.2, 0.25) is 0 Å². The first-order valence-electron chi connectivity index (χ1n) is 6.39. The lowest BCUT2D eigenvalue weighted by molar-refractivity contribution is 0.368. The third-order valence-electron chi connectivity index (χ3n) is 2.98. The number of hydrogen-bond donors (Lipinski definition) is 1. The van der Waals surface area contributed by atoms with Gasteiger partial charge in [-0.25, -0.2) is 8.78 Å². The second-order valence-corrected chi connectivity index (χ2v) is 4.50. The molecular weight excluding hydrogens is 274 g/mol. The van der Waals surface area contributed by atoms with Crippen molar-refractivity contribution in [2.75, 3.05) is 11.9 Å². The van der Waals surface area contributed by atoms with Crippen LogP contribution in [0.4, 0.5) is 14.5 Å². The fourth-order valence-corrected chi connectivity index (χ4v) is 1.83. The van der Waals surface area contributed by atoms with Crippen molar-refractivity contribution in [1.82, 2.24) is 0 Å². The van der Waals surface area contributed by atoms with Crippen LogP contribution < -0.4 is 10.1 Å². The largest absolute Gasteiger partial charge is 0.479 e. The molecule has 0 aliphatic carbocycles. The molecule has 0 radical (unpaired) electrons. The summed E-state index contributed by atoms with van der Waals surface area (Å²) in [5, 5.41) is 11.2. The monoisotopic (exact) mass is 288 g/mol. The van der Waals surface area contributed by atoms with Gasteiger partial charge in [-0.3, -0.25) is 0 Å². The maximum absolute atomic E-state index is 13.8. The van der Waals surface area contributed by atoms with Gasteiger partial charge in [-0.15, -0.1) is 0 Å². The zero-order valence-corrected chi connectivity index (χ0v) is 11.5. The Morgan fingerprint density at radius 3 is 2.52 bits per heavy atom. The Hall–Kier alpha value is -2.61. The lowest BCUT2D eigenvalue weighted by Gasteiger charge is -2.11. The molecule has 0 aliphatic heterocycles. The highest BCUT2D eigenvalue weighted by molar-refractivity contribution is 5.49. The van der Waals surface area contributed by atoms with Crippen molar-refractivity contribution < 1.29 is 13.5 Å². The van der Waals surface area contributed by atoms with E-state index in [1.807, 2.05) is 6.07 Å². The first-order chi connectivity index (χ1) is 10.1. The molecule has 0 amide bonds. The summed E-state index contributed by atoms with van der Waals surface area (Å²) in [6, 6.07) is 11.5. The topological polar surface area (TPSA) is 45.0 Å². The summed E-state index contributed by atoms with van der Waals surface area (Å²) < 4.78 is 32.5. The summed E-state index contributed by atoms with van der Waals surface area (Å²) in [5.41, 5.74) is 1.11. The highest BCUT2D eigenvalue weighted by atomic mass is 19.1. The fourth-order valence-electron chi connectivity index (χ4n) is 1.83. The van der Waals surface area contributed by atoms with Crippen LogP contribution in [0.15, 0.2) is 36.4 Å². The summed E-state index contributed by atoms with van der Waals surface area (Å²) in [7, 11) is 0. The highest BCUT2D eigenvalue weighted by Gasteiger charge is 2.10. The van der Waals surface area contributed by atoms with Gasteiger partial charge in [0.1, 0.15) is 23.3 Å². The molecule has 2 rings (SSSR count). The van der Waals surface area contributed by atoms with E-state index in [4.69, 9.17) is 10.00 Å². The first-order valence-corrected chi connectivity index (χ1v) is 6.39. The molecule has 108 valence electrons. The van der Waals surface area contributed by atoms with E-state index in [-0.39, 0.29) is 18.8 Å². The molecule has 1 N–H and O–H groups in total. The van der Waals surface area contributed by atoms with Gasteiger partial charge in [-0.05, 0) is 36.2 Å². The Morgan fingerprint density at radius 1 is 1.14 bits per heavy atom. The number of nitrogens with one attached hydrogen (secondary N) is 1. The molecule has 0 atom stereocenters. The number of rotatable bonds is 5. The van der Waals surface area contributed by atoms with Gasteiger partial charge in [0, 0.05) is 6.54 Å². The van der Waals surface area contributed by atoms with E-state index in [9.17, 15) is 8.78 Å². The third kappa shape index (κ3) is 3.69. The van der Waals surface area contributed by atoms with Crippen molar-refractivity contribution in [3.8, 4) is 11.8 Å². The van der Waals surface area contributed by atoms with Gasteiger partial charge in [0.2, 0.25) is 0 Å². The van der Waals surface area contributed by atoms with E-state index < -0.39 is 11.6 Å². The lowest BCUT2D eigenvalue weighted by atomic mass is 10.1. The smallest absolute Gasteiger partial charge is 0.174 e. The van der Waals surface area contributed by atoms with Gasteiger partial charge in [0.05, 0.1) is 0 Å². The number of nitrogens with zero attached hydrogens (tertiary/aromatic N) is 1. The van der Waals surface area contributed by atoms with Crippen molar-refractivity contribution in [2.45, 2.75) is 13.5 Å². The highest BCUT2D eigenvalue weighted by Crippen LogP contribution is 2.22. The minimum Gasteiger partial charge on any atom is -0.479 e. The molecule has 3 nitrogen and oxygen atoms in total. The zero-order chi connectivity index (χ0) is 15.2. The van der Waals surface area contributed by atoms with Crippen LogP contribution in [0, 0.1) is 29.9 Å². The van der Waals surface area contributed by atoms with Crippen LogP contribution in [0.25, 0.3) is 0 Å². The number of nitriles is 1. The SMILES string of the molecule is Cc1ccc(F)c(NCc2ccc(OCC#N)cc2)c1F. The molecular formula is C16H14F2N2O. The van der Waals surface area contributed by atoms with Crippen LogP contribution in [0.1, 0.15) is 11.1 Å². The molecule has 0 spiro atoms. The Kier molecular flexibility index (Phi) is 4.72. The predicted molar refractivity (Wildman–Crippen MR) is 76.0 cm³/mol. The van der Waals surface area contributed by atoms with E-state index >= 15 is 0 Å². The quantitative estimate of drug-likeness (QED) is 0.910. The van der Waals surface area contributed by atoms with Crippen LogP contribution in [-0.4, -0.2) is 6.61 Å². The second-order valence-electron chi connectivity index (χ2n) is 4.50. The van der Waals surface area contributed by atoms with Gasteiger partial charge in [0.25, 0.3) is 0 Å². The molecule has 2 aromatic rings. The number of ether oxygens (including phenoxy) is 1. The number of aryl methyl sites for hydroxylation is 1. The molecule has 0 heterocycles. The Bertz CT molecular complexity index is 663. The van der Waals surface area contributed by atoms with E-state index in [0.29, 0.717) is 11.3 Å². The van der Waals surface area contributed by atoms with Gasteiger partial charge < -0.3 is 10.1 Å². The molecule has 2 aromatic carbocycles. The van der Waals surface area contributed by atoms with Crippen molar-refractivity contribution in [3.05, 3.63) is 59.2 Å². The minimum absolute atomic E-state index is 0.0166. The van der Waals surface area contributed by atoms with E-state index in [1.165, 1.54) is 12.1 Å². The van der Waals surface area contributed by atoms with Crippen LogP contribution >= 0.6 is 0 Å². The number of anilines is 1. The van der Waals surface area contributed by atoms with Crippen molar-refractivity contribution >= 4 is 5.69 Å². The van der Waals surface area contributed by atoms with Gasteiger partial charge in [0.15, 0.2) is 12.4 Å². The van der Waals surface area contributed by atoms with Crippen LogP contribution in [-0.2, 0) is 6.54 Å². The molecule has 0 fully saturated rings. The Labute approximate surface area is 121 Å². The summed E-state index contributed by atoms with van der Waals surface area (Å²) >= 11 is 0. The average Bonchev–Trinajstić information content (AvgIpc) is 2.50. The van der Waals surface area contributed by atoms with Crippen molar-refractivity contribution in [1.29, 1.82) is 5.26 Å². The molecule has 0 saturated carbocycles. The number of hydrogen-bond acceptors (Lipinski definition) is 3.